The molecule has 0 unspecified atom stereocenters. The van der Waals surface area contributed by atoms with Gasteiger partial charge in [0.15, 0.2) is 0 Å². The molecule has 1 aromatic heterocycles. The quantitative estimate of drug-likeness (QED) is 0.782. The Labute approximate surface area is 92.3 Å². The van der Waals surface area contributed by atoms with Crippen molar-refractivity contribution in [1.29, 1.82) is 0 Å². The molecule has 1 heterocycles. The molecule has 2 aromatic rings. The largest absolute Gasteiger partial charge is 0.412 e. The van der Waals surface area contributed by atoms with Crippen LogP contribution in [0.2, 0.25) is 0 Å². The maximum atomic E-state index is 5.11. The van der Waals surface area contributed by atoms with E-state index in [2.05, 4.69) is 22.4 Å². The van der Waals surface area contributed by atoms with Crippen LogP contribution in [-0.4, -0.2) is 10.2 Å². The van der Waals surface area contributed by atoms with Gasteiger partial charge in [-0.3, -0.25) is 0 Å². The van der Waals surface area contributed by atoms with Crippen molar-refractivity contribution in [3.05, 3.63) is 40.6 Å². The maximum absolute atomic E-state index is 5.11. The molecule has 2 N–H and O–H groups in total. The highest BCUT2D eigenvalue weighted by Crippen LogP contribution is 2.09. The number of nitrogens with zero attached hydrogens (tertiary/aromatic N) is 1. The predicted octanol–water partition coefficient (Wildman–Crippen LogP) is 2.65. The molecular weight excluding hydrogens is 210 g/mol. The van der Waals surface area contributed by atoms with Gasteiger partial charge in [0.1, 0.15) is 0 Å². The molecule has 0 saturated heterocycles. The molecule has 0 atom stereocenters. The first kappa shape index (κ1) is 9.92. The van der Waals surface area contributed by atoms with E-state index in [1.165, 1.54) is 5.56 Å². The third-order valence-corrected chi connectivity index (χ3v) is 2.15. The van der Waals surface area contributed by atoms with Gasteiger partial charge in [-0.25, -0.2) is 5.10 Å². The Morgan fingerprint density at radius 1 is 1.40 bits per heavy atom. The number of rotatable bonds is 3. The minimum atomic E-state index is 0.302. The molecule has 0 radical (unpaired) electrons. The average Bonchev–Trinajstić information content (AvgIpc) is 2.64. The topological polar surface area (TPSA) is 53.9 Å². The van der Waals surface area contributed by atoms with E-state index < -0.39 is 0 Å². The van der Waals surface area contributed by atoms with Crippen molar-refractivity contribution in [2.45, 2.75) is 13.5 Å². The van der Waals surface area contributed by atoms with Crippen LogP contribution in [0.5, 0.6) is 0 Å². The number of aromatic nitrogens is 2. The lowest BCUT2D eigenvalue weighted by atomic mass is 10.2. The summed E-state index contributed by atoms with van der Waals surface area (Å²) in [5, 5.41) is 9.64. The third kappa shape index (κ3) is 2.66. The number of anilines is 1. The highest BCUT2D eigenvalue weighted by Gasteiger charge is 1.98. The Bertz CT molecular complexity index is 486. The average molecular weight is 221 g/mol. The molecule has 4 nitrogen and oxygen atoms in total. The second kappa shape index (κ2) is 4.27. The third-order valence-electron chi connectivity index (χ3n) is 1.98. The van der Waals surface area contributed by atoms with Gasteiger partial charge in [-0.05, 0) is 31.3 Å². The first-order valence-electron chi connectivity index (χ1n) is 4.59. The fraction of sp³-hybridized carbons (Fsp3) is 0.200. The Hall–Kier alpha value is -1.62. The molecule has 0 spiro atoms. The normalized spacial score (nSPS) is 10.2. The SMILES string of the molecule is Cc1ccc(NCc2n[nH]c(=S)o2)cc1. The van der Waals surface area contributed by atoms with Gasteiger partial charge in [0.05, 0.1) is 6.54 Å². The summed E-state index contributed by atoms with van der Waals surface area (Å²) in [6.45, 7) is 2.58. The molecule has 0 aliphatic heterocycles. The zero-order valence-electron chi connectivity index (χ0n) is 8.28. The number of nitrogens with one attached hydrogen (secondary N) is 2. The van der Waals surface area contributed by atoms with Crippen LogP contribution in [0, 0.1) is 11.8 Å². The van der Waals surface area contributed by atoms with Crippen LogP contribution in [0.4, 0.5) is 5.69 Å². The second-order valence-electron chi connectivity index (χ2n) is 3.23. The first-order chi connectivity index (χ1) is 7.24. The minimum Gasteiger partial charge on any atom is -0.412 e. The summed E-state index contributed by atoms with van der Waals surface area (Å²) < 4.78 is 5.11. The highest BCUT2D eigenvalue weighted by atomic mass is 32.1. The van der Waals surface area contributed by atoms with Crippen molar-refractivity contribution in [2.24, 2.45) is 0 Å². The molecule has 1 aromatic carbocycles. The molecule has 0 fully saturated rings. The van der Waals surface area contributed by atoms with Crippen LogP contribution in [0.3, 0.4) is 0 Å². The summed E-state index contributed by atoms with van der Waals surface area (Å²) in [5.41, 5.74) is 2.27. The van der Waals surface area contributed by atoms with Crippen molar-refractivity contribution in [3.8, 4) is 0 Å². The van der Waals surface area contributed by atoms with Crippen molar-refractivity contribution in [2.75, 3.05) is 5.32 Å². The van der Waals surface area contributed by atoms with Gasteiger partial charge in [0.25, 0.3) is 4.84 Å². The van der Waals surface area contributed by atoms with E-state index >= 15 is 0 Å². The van der Waals surface area contributed by atoms with Crippen LogP contribution in [-0.2, 0) is 6.54 Å². The van der Waals surface area contributed by atoms with E-state index in [1.54, 1.807) is 0 Å². The fourth-order valence-electron chi connectivity index (χ4n) is 1.19. The van der Waals surface area contributed by atoms with E-state index in [9.17, 15) is 0 Å². The maximum Gasteiger partial charge on any atom is 0.284 e. The number of H-pyrrole nitrogens is 1. The number of benzene rings is 1. The van der Waals surface area contributed by atoms with Crippen molar-refractivity contribution < 1.29 is 4.42 Å². The van der Waals surface area contributed by atoms with Crippen LogP contribution < -0.4 is 5.32 Å². The van der Waals surface area contributed by atoms with E-state index in [0.29, 0.717) is 17.3 Å². The monoisotopic (exact) mass is 221 g/mol. The molecule has 0 saturated carbocycles. The van der Waals surface area contributed by atoms with Gasteiger partial charge in [0, 0.05) is 5.69 Å². The molecule has 0 amide bonds. The summed E-state index contributed by atoms with van der Waals surface area (Å²) in [6, 6.07) is 8.11. The van der Waals surface area contributed by atoms with Gasteiger partial charge in [-0.15, -0.1) is 5.10 Å². The second-order valence-corrected chi connectivity index (χ2v) is 3.60. The number of hydrogen-bond acceptors (Lipinski definition) is 4. The number of hydrogen-bond donors (Lipinski definition) is 2. The number of aryl methyl sites for hydroxylation is 1. The Balaban J connectivity index is 1.99. The first-order valence-corrected chi connectivity index (χ1v) is 5.00. The van der Waals surface area contributed by atoms with Gasteiger partial charge in [0.2, 0.25) is 5.89 Å². The predicted molar refractivity (Wildman–Crippen MR) is 60.2 cm³/mol. The zero-order valence-corrected chi connectivity index (χ0v) is 9.10. The van der Waals surface area contributed by atoms with Crippen LogP contribution in [0.1, 0.15) is 11.5 Å². The Morgan fingerprint density at radius 2 is 2.13 bits per heavy atom. The molecule has 2 rings (SSSR count). The highest BCUT2D eigenvalue weighted by molar-refractivity contribution is 7.71. The summed E-state index contributed by atoms with van der Waals surface area (Å²) in [4.78, 5) is 0.302. The van der Waals surface area contributed by atoms with Crippen molar-refractivity contribution in [1.82, 2.24) is 10.2 Å². The molecule has 0 bridgehead atoms. The van der Waals surface area contributed by atoms with E-state index in [1.807, 2.05) is 24.3 Å². The summed E-state index contributed by atoms with van der Waals surface area (Å²) >= 11 is 4.77. The van der Waals surface area contributed by atoms with E-state index in [-0.39, 0.29) is 0 Å². The van der Waals surface area contributed by atoms with Crippen LogP contribution in [0.15, 0.2) is 28.7 Å². The van der Waals surface area contributed by atoms with Gasteiger partial charge in [-0.2, -0.15) is 0 Å². The standard InChI is InChI=1S/C10H11N3OS/c1-7-2-4-8(5-3-7)11-6-9-12-13-10(15)14-9/h2-5,11H,6H2,1H3,(H,13,15). The van der Waals surface area contributed by atoms with E-state index in [0.717, 1.165) is 5.69 Å². The molecule has 15 heavy (non-hydrogen) atoms. The molecule has 78 valence electrons. The van der Waals surface area contributed by atoms with Gasteiger partial charge < -0.3 is 9.73 Å². The van der Waals surface area contributed by atoms with Crippen molar-refractivity contribution >= 4 is 17.9 Å². The lowest BCUT2D eigenvalue weighted by Crippen LogP contribution is -1.99. The molecule has 0 aliphatic carbocycles. The van der Waals surface area contributed by atoms with E-state index in [4.69, 9.17) is 16.6 Å². The van der Waals surface area contributed by atoms with Gasteiger partial charge in [-0.1, -0.05) is 17.7 Å². The fourth-order valence-corrected chi connectivity index (χ4v) is 1.33. The summed E-state index contributed by atoms with van der Waals surface area (Å²) in [7, 11) is 0. The summed E-state index contributed by atoms with van der Waals surface area (Å²) in [6.07, 6.45) is 0. The lowest BCUT2D eigenvalue weighted by molar-refractivity contribution is 0.489. The molecule has 5 heteroatoms. The Kier molecular flexibility index (Phi) is 2.82. The molecular formula is C10H11N3OS. The smallest absolute Gasteiger partial charge is 0.284 e. The zero-order chi connectivity index (χ0) is 10.7. The Morgan fingerprint density at radius 3 is 2.73 bits per heavy atom. The minimum absolute atomic E-state index is 0.302. The van der Waals surface area contributed by atoms with Gasteiger partial charge >= 0.3 is 0 Å². The van der Waals surface area contributed by atoms with Crippen LogP contribution >= 0.6 is 12.2 Å². The number of aromatic amines is 1. The molecule has 0 aliphatic rings. The lowest BCUT2D eigenvalue weighted by Gasteiger charge is -2.02. The van der Waals surface area contributed by atoms with Crippen molar-refractivity contribution in [3.63, 3.8) is 0 Å². The summed E-state index contributed by atoms with van der Waals surface area (Å²) in [5.74, 6) is 0.556. The van der Waals surface area contributed by atoms with Crippen LogP contribution in [0.25, 0.3) is 0 Å².